The van der Waals surface area contributed by atoms with Crippen molar-refractivity contribution < 1.29 is 23.5 Å². The van der Waals surface area contributed by atoms with Crippen molar-refractivity contribution in [3.8, 4) is 5.75 Å². The lowest BCUT2D eigenvalue weighted by atomic mass is 10.0. The van der Waals surface area contributed by atoms with Gasteiger partial charge in [0, 0.05) is 11.3 Å². The van der Waals surface area contributed by atoms with Crippen molar-refractivity contribution in [2.75, 3.05) is 11.9 Å². The zero-order chi connectivity index (χ0) is 25.7. The molecule has 0 bridgehead atoms. The van der Waals surface area contributed by atoms with Gasteiger partial charge in [-0.05, 0) is 65.2 Å². The van der Waals surface area contributed by atoms with E-state index in [0.29, 0.717) is 28.5 Å². The Morgan fingerprint density at radius 1 is 1.03 bits per heavy atom. The molecule has 1 saturated heterocycles. The maximum atomic E-state index is 13.7. The van der Waals surface area contributed by atoms with Crippen LogP contribution >= 0.6 is 11.8 Å². The highest BCUT2D eigenvalue weighted by atomic mass is 32.2. The Balaban J connectivity index is 1.34. The molecule has 0 spiro atoms. The number of hydrogen-bond acceptors (Lipinski definition) is 5. The van der Waals surface area contributed by atoms with Gasteiger partial charge in [0.15, 0.2) is 0 Å². The van der Waals surface area contributed by atoms with E-state index in [2.05, 4.69) is 19.2 Å². The van der Waals surface area contributed by atoms with Crippen molar-refractivity contribution in [1.29, 1.82) is 0 Å². The van der Waals surface area contributed by atoms with Gasteiger partial charge < -0.3 is 10.1 Å². The summed E-state index contributed by atoms with van der Waals surface area (Å²) >= 11 is 0.789. The third-order valence-corrected chi connectivity index (χ3v) is 6.47. The summed E-state index contributed by atoms with van der Waals surface area (Å²) in [6.45, 7) is 3.89. The molecule has 6 nitrogen and oxygen atoms in total. The molecule has 3 aromatic rings. The Labute approximate surface area is 213 Å². The standard InChI is InChI=1S/C28H25FN2O4S/c1-18(2)20-9-11-22(12-10-20)30-26(32)16-31-27(33)25(36-28(31)34)15-19-7-13-23(14-8-19)35-17-21-5-3-4-6-24(21)29/h3-15,18H,16-17H2,1-2H3,(H,30,32)/b25-15+. The molecule has 0 atom stereocenters. The summed E-state index contributed by atoms with van der Waals surface area (Å²) in [5.74, 6) is -0.383. The van der Waals surface area contributed by atoms with Crippen molar-refractivity contribution in [1.82, 2.24) is 4.90 Å². The van der Waals surface area contributed by atoms with Gasteiger partial charge in [0.05, 0.1) is 4.91 Å². The second kappa shape index (κ2) is 11.2. The molecule has 0 saturated carbocycles. The first kappa shape index (κ1) is 25.2. The van der Waals surface area contributed by atoms with Crippen molar-refractivity contribution in [2.24, 2.45) is 0 Å². The van der Waals surface area contributed by atoms with Crippen LogP contribution in [0.3, 0.4) is 0 Å². The zero-order valence-electron chi connectivity index (χ0n) is 19.9. The quantitative estimate of drug-likeness (QED) is 0.370. The molecule has 8 heteroatoms. The smallest absolute Gasteiger partial charge is 0.294 e. The minimum absolute atomic E-state index is 0.0921. The maximum Gasteiger partial charge on any atom is 0.294 e. The Kier molecular flexibility index (Phi) is 7.85. The third-order valence-electron chi connectivity index (χ3n) is 5.57. The van der Waals surface area contributed by atoms with Crippen LogP contribution in [0.1, 0.15) is 36.5 Å². The number of amides is 3. The molecule has 1 aliphatic rings. The van der Waals surface area contributed by atoms with Crippen LogP contribution in [-0.2, 0) is 16.2 Å². The molecule has 184 valence electrons. The summed E-state index contributed by atoms with van der Waals surface area (Å²) in [5.41, 5.74) is 2.89. The number of nitrogens with one attached hydrogen (secondary N) is 1. The van der Waals surface area contributed by atoms with Gasteiger partial charge >= 0.3 is 0 Å². The predicted molar refractivity (Wildman–Crippen MR) is 139 cm³/mol. The number of hydrogen-bond donors (Lipinski definition) is 1. The van der Waals surface area contributed by atoms with Crippen LogP contribution < -0.4 is 10.1 Å². The number of anilines is 1. The molecule has 0 unspecified atom stereocenters. The second-order valence-corrected chi connectivity index (χ2v) is 9.54. The molecule has 4 rings (SSSR count). The van der Waals surface area contributed by atoms with E-state index >= 15 is 0 Å². The van der Waals surface area contributed by atoms with Gasteiger partial charge in [0.1, 0.15) is 24.7 Å². The molecule has 0 aliphatic carbocycles. The second-order valence-electron chi connectivity index (χ2n) is 8.54. The van der Waals surface area contributed by atoms with E-state index in [0.717, 1.165) is 22.2 Å². The van der Waals surface area contributed by atoms with Gasteiger partial charge in [0.25, 0.3) is 11.1 Å². The largest absolute Gasteiger partial charge is 0.489 e. The number of benzene rings is 3. The van der Waals surface area contributed by atoms with E-state index in [1.54, 1.807) is 60.7 Å². The summed E-state index contributed by atoms with van der Waals surface area (Å²) in [5, 5.41) is 2.22. The molecule has 3 aromatic carbocycles. The molecule has 3 amide bonds. The normalized spacial score (nSPS) is 14.6. The number of nitrogens with zero attached hydrogens (tertiary/aromatic N) is 1. The summed E-state index contributed by atoms with van der Waals surface area (Å²) in [7, 11) is 0. The number of thioether (sulfide) groups is 1. The highest BCUT2D eigenvalue weighted by Crippen LogP contribution is 2.32. The number of carbonyl (C=O) groups excluding carboxylic acids is 3. The monoisotopic (exact) mass is 504 g/mol. The molecular formula is C28H25FN2O4S. The van der Waals surface area contributed by atoms with Crippen LogP contribution in [0.15, 0.2) is 77.7 Å². The number of carbonyl (C=O) groups is 3. The lowest BCUT2D eigenvalue weighted by molar-refractivity contribution is -0.127. The number of ether oxygens (including phenoxy) is 1. The van der Waals surface area contributed by atoms with E-state index in [4.69, 9.17) is 4.74 Å². The predicted octanol–water partition coefficient (Wildman–Crippen LogP) is 6.20. The van der Waals surface area contributed by atoms with E-state index in [-0.39, 0.29) is 23.9 Å². The van der Waals surface area contributed by atoms with Crippen LogP contribution in [0.4, 0.5) is 14.9 Å². The van der Waals surface area contributed by atoms with Crippen molar-refractivity contribution in [3.63, 3.8) is 0 Å². The van der Waals surface area contributed by atoms with Gasteiger partial charge in [0.2, 0.25) is 5.91 Å². The molecule has 0 radical (unpaired) electrons. The van der Waals surface area contributed by atoms with Crippen LogP contribution in [-0.4, -0.2) is 28.5 Å². The molecule has 36 heavy (non-hydrogen) atoms. The van der Waals surface area contributed by atoms with Gasteiger partial charge in [-0.25, -0.2) is 4.39 Å². The van der Waals surface area contributed by atoms with Crippen molar-refractivity contribution in [2.45, 2.75) is 26.4 Å². The minimum atomic E-state index is -0.518. The fourth-order valence-corrected chi connectivity index (χ4v) is 4.36. The topological polar surface area (TPSA) is 75.7 Å². The molecule has 1 aliphatic heterocycles. The minimum Gasteiger partial charge on any atom is -0.489 e. The first-order valence-corrected chi connectivity index (χ1v) is 12.2. The molecule has 1 fully saturated rings. The Morgan fingerprint density at radius 2 is 1.72 bits per heavy atom. The fraction of sp³-hybridized carbons (Fsp3) is 0.179. The molecule has 1 heterocycles. The third kappa shape index (κ3) is 6.20. The maximum absolute atomic E-state index is 13.7. The van der Waals surface area contributed by atoms with Crippen LogP contribution in [0.2, 0.25) is 0 Å². The Bertz CT molecular complexity index is 1300. The van der Waals surface area contributed by atoms with Crippen LogP contribution in [0.25, 0.3) is 6.08 Å². The van der Waals surface area contributed by atoms with E-state index in [1.165, 1.54) is 6.07 Å². The zero-order valence-corrected chi connectivity index (χ0v) is 20.7. The first-order valence-electron chi connectivity index (χ1n) is 11.4. The summed E-state index contributed by atoms with van der Waals surface area (Å²) in [4.78, 5) is 38.8. The van der Waals surface area contributed by atoms with Gasteiger partial charge in [-0.3, -0.25) is 19.3 Å². The molecular weight excluding hydrogens is 479 g/mol. The lowest BCUT2D eigenvalue weighted by Gasteiger charge is -2.13. The number of imide groups is 1. The number of halogens is 1. The summed E-state index contributed by atoms with van der Waals surface area (Å²) in [6, 6.07) is 20.7. The van der Waals surface area contributed by atoms with Crippen molar-refractivity contribution >= 4 is 40.6 Å². The van der Waals surface area contributed by atoms with Crippen molar-refractivity contribution in [3.05, 3.63) is 100 Å². The van der Waals surface area contributed by atoms with E-state index in [1.807, 2.05) is 12.1 Å². The Hall–Kier alpha value is -3.91. The van der Waals surface area contributed by atoms with E-state index < -0.39 is 17.1 Å². The summed E-state index contributed by atoms with van der Waals surface area (Å²) < 4.78 is 19.4. The summed E-state index contributed by atoms with van der Waals surface area (Å²) in [6.07, 6.45) is 1.59. The van der Waals surface area contributed by atoms with Gasteiger partial charge in [-0.1, -0.05) is 56.3 Å². The van der Waals surface area contributed by atoms with Gasteiger partial charge in [-0.2, -0.15) is 0 Å². The number of rotatable bonds is 8. The van der Waals surface area contributed by atoms with Crippen LogP contribution in [0, 0.1) is 5.82 Å². The average molecular weight is 505 g/mol. The Morgan fingerprint density at radius 3 is 2.39 bits per heavy atom. The SMILES string of the molecule is CC(C)c1ccc(NC(=O)CN2C(=O)S/C(=C/c3ccc(OCc4ccccc4F)cc3)C2=O)cc1. The average Bonchev–Trinajstić information content (AvgIpc) is 3.12. The van der Waals surface area contributed by atoms with Gasteiger partial charge in [-0.15, -0.1) is 0 Å². The first-order chi connectivity index (χ1) is 17.3. The molecule has 1 N–H and O–H groups in total. The molecule has 0 aromatic heterocycles. The highest BCUT2D eigenvalue weighted by Gasteiger charge is 2.36. The van der Waals surface area contributed by atoms with Crippen LogP contribution in [0.5, 0.6) is 5.75 Å². The highest BCUT2D eigenvalue weighted by molar-refractivity contribution is 8.18. The van der Waals surface area contributed by atoms with E-state index in [9.17, 15) is 18.8 Å². The fourth-order valence-electron chi connectivity index (χ4n) is 3.52. The lowest BCUT2D eigenvalue weighted by Crippen LogP contribution is -2.36.